The number of benzene rings is 1. The lowest BCUT2D eigenvalue weighted by atomic mass is 9.84. The summed E-state index contributed by atoms with van der Waals surface area (Å²) in [5.41, 5.74) is 0.736. The van der Waals surface area contributed by atoms with Crippen molar-refractivity contribution in [1.29, 1.82) is 0 Å². The molecule has 3 rings (SSSR count). The number of ether oxygens (including phenoxy) is 1. The van der Waals surface area contributed by atoms with Crippen molar-refractivity contribution in [3.8, 4) is 17.1 Å². The third-order valence-corrected chi connectivity index (χ3v) is 4.44. The third kappa shape index (κ3) is 2.51. The maximum absolute atomic E-state index is 5.98. The molecule has 2 heterocycles. The molecule has 0 spiro atoms. The average molecular weight is 308 g/mol. The highest BCUT2D eigenvalue weighted by molar-refractivity contribution is 6.30. The lowest BCUT2D eigenvalue weighted by Crippen LogP contribution is -2.28. The number of aromatic nitrogens is 2. The van der Waals surface area contributed by atoms with E-state index in [0.29, 0.717) is 22.5 Å². The predicted octanol–water partition coefficient (Wildman–Crippen LogP) is 3.04. The quantitative estimate of drug-likeness (QED) is 0.940. The van der Waals surface area contributed by atoms with Gasteiger partial charge in [-0.25, -0.2) is 0 Å². The fourth-order valence-corrected chi connectivity index (χ4v) is 2.94. The lowest BCUT2D eigenvalue weighted by Gasteiger charge is -2.20. The molecule has 0 amide bonds. The summed E-state index contributed by atoms with van der Waals surface area (Å²) in [5, 5.41) is 8.11. The summed E-state index contributed by atoms with van der Waals surface area (Å²) in [6.45, 7) is 4.01. The van der Waals surface area contributed by atoms with Crippen molar-refractivity contribution in [2.45, 2.75) is 25.2 Å². The van der Waals surface area contributed by atoms with Gasteiger partial charge in [0.25, 0.3) is 0 Å². The van der Waals surface area contributed by atoms with Gasteiger partial charge in [-0.3, -0.25) is 0 Å². The zero-order valence-corrected chi connectivity index (χ0v) is 12.9. The molecule has 2 aromatic rings. The van der Waals surface area contributed by atoms with Gasteiger partial charge in [-0.15, -0.1) is 0 Å². The van der Waals surface area contributed by atoms with E-state index in [1.54, 1.807) is 19.2 Å². The molecule has 6 heteroatoms. The second kappa shape index (κ2) is 5.66. The van der Waals surface area contributed by atoms with Gasteiger partial charge in [0, 0.05) is 11.6 Å². The molecule has 1 N–H and O–H groups in total. The number of nitrogens with one attached hydrogen (secondary N) is 1. The van der Waals surface area contributed by atoms with E-state index in [2.05, 4.69) is 22.4 Å². The van der Waals surface area contributed by atoms with E-state index in [1.807, 2.05) is 6.07 Å². The molecule has 5 nitrogen and oxygen atoms in total. The van der Waals surface area contributed by atoms with Crippen LogP contribution in [0.1, 0.15) is 25.7 Å². The molecule has 0 aliphatic carbocycles. The first kappa shape index (κ1) is 14.4. The monoisotopic (exact) mass is 307 g/mol. The highest BCUT2D eigenvalue weighted by Crippen LogP contribution is 2.36. The van der Waals surface area contributed by atoms with Crippen LogP contribution in [0.25, 0.3) is 11.4 Å². The highest BCUT2D eigenvalue weighted by Gasteiger charge is 2.39. The highest BCUT2D eigenvalue weighted by atomic mass is 35.5. The second-order valence-electron chi connectivity index (χ2n) is 5.33. The molecule has 21 heavy (non-hydrogen) atoms. The minimum Gasteiger partial charge on any atom is -0.496 e. The van der Waals surface area contributed by atoms with E-state index in [0.717, 1.165) is 31.5 Å². The summed E-state index contributed by atoms with van der Waals surface area (Å²) in [6.07, 6.45) is 1.99. The van der Waals surface area contributed by atoms with E-state index in [1.165, 1.54) is 0 Å². The van der Waals surface area contributed by atoms with Gasteiger partial charge in [-0.05, 0) is 37.6 Å². The molecule has 1 fully saturated rings. The van der Waals surface area contributed by atoms with Crippen molar-refractivity contribution in [1.82, 2.24) is 15.5 Å². The minimum absolute atomic E-state index is 0.0507. The van der Waals surface area contributed by atoms with Crippen LogP contribution >= 0.6 is 11.6 Å². The Labute approximate surface area is 128 Å². The summed E-state index contributed by atoms with van der Waals surface area (Å²) < 4.78 is 10.9. The molecular weight excluding hydrogens is 290 g/mol. The third-order valence-electron chi connectivity index (χ3n) is 4.20. The standard InChI is InChI=1S/C15H18ClN3O2/c1-3-15(6-7-17-9-15)14-18-13(19-21-14)11-5-4-10(16)8-12(11)20-2/h4-5,8,17H,3,6-7,9H2,1-2H3. The second-order valence-corrected chi connectivity index (χ2v) is 5.76. The first-order valence-corrected chi connectivity index (χ1v) is 7.45. The van der Waals surface area contributed by atoms with Crippen LogP contribution in [0.4, 0.5) is 0 Å². The molecule has 1 atom stereocenters. The molecule has 112 valence electrons. The molecule has 0 saturated carbocycles. The Balaban J connectivity index is 1.99. The predicted molar refractivity (Wildman–Crippen MR) is 80.8 cm³/mol. The van der Waals surface area contributed by atoms with Gasteiger partial charge in [0.15, 0.2) is 0 Å². The van der Waals surface area contributed by atoms with Crippen molar-refractivity contribution in [2.24, 2.45) is 0 Å². The lowest BCUT2D eigenvalue weighted by molar-refractivity contribution is 0.285. The Morgan fingerprint density at radius 1 is 1.48 bits per heavy atom. The summed E-state index contributed by atoms with van der Waals surface area (Å²) in [7, 11) is 1.60. The minimum atomic E-state index is -0.0507. The Hall–Kier alpha value is -1.59. The first-order valence-electron chi connectivity index (χ1n) is 7.07. The van der Waals surface area contributed by atoms with Crippen LogP contribution in [-0.4, -0.2) is 30.3 Å². The van der Waals surface area contributed by atoms with Crippen molar-refractivity contribution in [3.63, 3.8) is 0 Å². The summed E-state index contributed by atoms with van der Waals surface area (Å²) in [4.78, 5) is 4.60. The molecule has 1 aliphatic heterocycles. The van der Waals surface area contributed by atoms with Crippen molar-refractivity contribution in [2.75, 3.05) is 20.2 Å². The fraction of sp³-hybridized carbons (Fsp3) is 0.467. The number of halogens is 1. The van der Waals surface area contributed by atoms with Gasteiger partial charge in [-0.1, -0.05) is 23.7 Å². The molecule has 1 aliphatic rings. The Bertz CT molecular complexity index is 636. The van der Waals surface area contributed by atoms with E-state index in [-0.39, 0.29) is 5.41 Å². The van der Waals surface area contributed by atoms with E-state index in [4.69, 9.17) is 20.9 Å². The van der Waals surface area contributed by atoms with Crippen LogP contribution in [0.2, 0.25) is 5.02 Å². The van der Waals surface area contributed by atoms with Crippen molar-refractivity contribution < 1.29 is 9.26 Å². The Kier molecular flexibility index (Phi) is 3.87. The number of nitrogens with zero attached hydrogens (tertiary/aromatic N) is 2. The molecule has 0 bridgehead atoms. The molecule has 0 radical (unpaired) electrons. The largest absolute Gasteiger partial charge is 0.496 e. The molecule has 1 aromatic carbocycles. The number of methoxy groups -OCH3 is 1. The van der Waals surface area contributed by atoms with Crippen LogP contribution < -0.4 is 10.1 Å². The number of rotatable bonds is 4. The van der Waals surface area contributed by atoms with Gasteiger partial charge >= 0.3 is 0 Å². The van der Waals surface area contributed by atoms with E-state index < -0.39 is 0 Å². The van der Waals surface area contributed by atoms with Gasteiger partial charge in [0.2, 0.25) is 11.7 Å². The number of hydrogen-bond donors (Lipinski definition) is 1. The van der Waals surface area contributed by atoms with Crippen LogP contribution in [0.5, 0.6) is 5.75 Å². The van der Waals surface area contributed by atoms with Crippen LogP contribution in [0, 0.1) is 0 Å². The topological polar surface area (TPSA) is 60.2 Å². The van der Waals surface area contributed by atoms with Crippen molar-refractivity contribution in [3.05, 3.63) is 29.1 Å². The summed E-state index contributed by atoms with van der Waals surface area (Å²) in [6, 6.07) is 5.39. The van der Waals surface area contributed by atoms with E-state index >= 15 is 0 Å². The SMILES string of the molecule is CCC1(c2nc(-c3ccc(Cl)cc3OC)no2)CCNC1. The maximum atomic E-state index is 5.98. The molecule has 1 unspecified atom stereocenters. The zero-order valence-electron chi connectivity index (χ0n) is 12.1. The Morgan fingerprint density at radius 2 is 2.33 bits per heavy atom. The average Bonchev–Trinajstić information content (AvgIpc) is 3.16. The molecule has 1 saturated heterocycles. The maximum Gasteiger partial charge on any atom is 0.234 e. The number of hydrogen-bond acceptors (Lipinski definition) is 5. The fourth-order valence-electron chi connectivity index (χ4n) is 2.78. The molecule has 1 aromatic heterocycles. The van der Waals surface area contributed by atoms with Gasteiger partial charge in [0.05, 0.1) is 18.1 Å². The van der Waals surface area contributed by atoms with Crippen LogP contribution in [-0.2, 0) is 5.41 Å². The normalized spacial score (nSPS) is 21.7. The van der Waals surface area contributed by atoms with Gasteiger partial charge in [-0.2, -0.15) is 4.98 Å². The van der Waals surface area contributed by atoms with Crippen LogP contribution in [0.3, 0.4) is 0 Å². The molecular formula is C15H18ClN3O2. The Morgan fingerprint density at radius 3 is 3.00 bits per heavy atom. The van der Waals surface area contributed by atoms with Gasteiger partial charge in [0.1, 0.15) is 5.75 Å². The first-order chi connectivity index (χ1) is 10.2. The zero-order chi connectivity index (χ0) is 14.9. The van der Waals surface area contributed by atoms with Crippen LogP contribution in [0.15, 0.2) is 22.7 Å². The summed E-state index contributed by atoms with van der Waals surface area (Å²) >= 11 is 5.98. The smallest absolute Gasteiger partial charge is 0.234 e. The summed E-state index contributed by atoms with van der Waals surface area (Å²) in [5.74, 6) is 1.88. The van der Waals surface area contributed by atoms with E-state index in [9.17, 15) is 0 Å². The van der Waals surface area contributed by atoms with Gasteiger partial charge < -0.3 is 14.6 Å². The van der Waals surface area contributed by atoms with Crippen molar-refractivity contribution >= 4 is 11.6 Å².